The number of hydrogen-bond acceptors (Lipinski definition) is 4. The van der Waals surface area contributed by atoms with Gasteiger partial charge in [-0.15, -0.1) is 0 Å². The summed E-state index contributed by atoms with van der Waals surface area (Å²) in [4.78, 5) is 23.1. The highest BCUT2D eigenvalue weighted by Gasteiger charge is 2.33. The van der Waals surface area contributed by atoms with Crippen molar-refractivity contribution in [1.82, 2.24) is 0 Å². The topological polar surface area (TPSA) is 52.6 Å². The van der Waals surface area contributed by atoms with E-state index in [1.165, 1.54) is 14.2 Å². The number of carbonyl (C=O) groups is 2. The predicted molar refractivity (Wildman–Crippen MR) is 65.4 cm³/mol. The molecule has 0 aliphatic heterocycles. The van der Waals surface area contributed by atoms with Crippen molar-refractivity contribution in [2.45, 2.75) is 34.1 Å². The van der Waals surface area contributed by atoms with Crippen molar-refractivity contribution in [2.75, 3.05) is 14.2 Å². The minimum Gasteiger partial charge on any atom is -0.468 e. The molecule has 0 fully saturated rings. The van der Waals surface area contributed by atoms with E-state index in [4.69, 9.17) is 0 Å². The molecule has 0 unspecified atom stereocenters. The Bertz CT molecular complexity index is 295. The van der Waals surface area contributed by atoms with E-state index < -0.39 is 17.9 Å². The molecular formula is C13H22O4. The molecule has 0 heterocycles. The smallest absolute Gasteiger partial charge is 0.320 e. The normalized spacial score (nSPS) is 11.0. The van der Waals surface area contributed by atoms with Gasteiger partial charge in [0.1, 0.15) is 0 Å². The van der Waals surface area contributed by atoms with Gasteiger partial charge in [0.15, 0.2) is 5.92 Å². The molecule has 0 spiro atoms. The van der Waals surface area contributed by atoms with Crippen molar-refractivity contribution in [1.29, 1.82) is 0 Å². The molecule has 0 saturated heterocycles. The minimum absolute atomic E-state index is 0.258. The number of rotatable bonds is 5. The molecule has 4 heteroatoms. The maximum Gasteiger partial charge on any atom is 0.320 e. The molecule has 0 aromatic carbocycles. The highest BCUT2D eigenvalue weighted by molar-refractivity contribution is 5.94. The van der Waals surface area contributed by atoms with Crippen LogP contribution in [0.2, 0.25) is 0 Å². The van der Waals surface area contributed by atoms with E-state index in [-0.39, 0.29) is 5.41 Å². The van der Waals surface area contributed by atoms with Gasteiger partial charge >= 0.3 is 11.9 Å². The number of allylic oxidation sites excluding steroid dienone is 2. The van der Waals surface area contributed by atoms with E-state index >= 15 is 0 Å². The maximum absolute atomic E-state index is 11.5. The second-order valence-corrected chi connectivity index (χ2v) is 5.01. The summed E-state index contributed by atoms with van der Waals surface area (Å²) >= 11 is 0. The van der Waals surface area contributed by atoms with Gasteiger partial charge < -0.3 is 9.47 Å². The van der Waals surface area contributed by atoms with Crippen molar-refractivity contribution < 1.29 is 19.1 Å². The number of hydrogen-bond donors (Lipinski definition) is 0. The molecule has 0 bridgehead atoms. The van der Waals surface area contributed by atoms with Crippen molar-refractivity contribution in [3.63, 3.8) is 0 Å². The van der Waals surface area contributed by atoms with E-state index in [9.17, 15) is 9.59 Å². The van der Waals surface area contributed by atoms with Crippen molar-refractivity contribution in [2.24, 2.45) is 11.3 Å². The van der Waals surface area contributed by atoms with Crippen LogP contribution in [0.5, 0.6) is 0 Å². The predicted octanol–water partition coefficient (Wildman–Crippen LogP) is 2.33. The Balaban J connectivity index is 4.93. The average Bonchev–Trinajstić information content (AvgIpc) is 2.22. The van der Waals surface area contributed by atoms with E-state index in [2.05, 4.69) is 9.47 Å². The van der Waals surface area contributed by atoms with Crippen LogP contribution in [0.4, 0.5) is 0 Å². The van der Waals surface area contributed by atoms with E-state index in [0.717, 1.165) is 5.57 Å². The largest absolute Gasteiger partial charge is 0.468 e. The van der Waals surface area contributed by atoms with Gasteiger partial charge in [0, 0.05) is 0 Å². The molecule has 0 aromatic rings. The standard InChI is InChI=1S/C13H22O4/c1-9(2)7-13(3,4)8-10(11(14)16-5)12(15)17-6/h7,10H,8H2,1-6H3. The van der Waals surface area contributed by atoms with Crippen LogP contribution in [0, 0.1) is 11.3 Å². The van der Waals surface area contributed by atoms with Crippen LogP contribution < -0.4 is 0 Å². The van der Waals surface area contributed by atoms with Crippen LogP contribution in [0.1, 0.15) is 34.1 Å². The molecular weight excluding hydrogens is 220 g/mol. The third kappa shape index (κ3) is 5.52. The molecule has 0 saturated carbocycles. The van der Waals surface area contributed by atoms with Crippen molar-refractivity contribution in [3.8, 4) is 0 Å². The summed E-state index contributed by atoms with van der Waals surface area (Å²) in [6.45, 7) is 7.90. The summed E-state index contributed by atoms with van der Waals surface area (Å²) in [6, 6.07) is 0. The molecule has 0 aliphatic rings. The Morgan fingerprint density at radius 3 is 1.82 bits per heavy atom. The van der Waals surface area contributed by atoms with E-state index in [1.807, 2.05) is 33.8 Å². The molecule has 0 radical (unpaired) electrons. The monoisotopic (exact) mass is 242 g/mol. The van der Waals surface area contributed by atoms with Gasteiger partial charge in [0.05, 0.1) is 14.2 Å². The summed E-state index contributed by atoms with van der Waals surface area (Å²) in [5, 5.41) is 0. The van der Waals surface area contributed by atoms with Crippen LogP contribution in [0.3, 0.4) is 0 Å². The molecule has 0 N–H and O–H groups in total. The molecule has 0 amide bonds. The SMILES string of the molecule is COC(=O)C(CC(C)(C)C=C(C)C)C(=O)OC. The fourth-order valence-electron chi connectivity index (χ4n) is 1.91. The first-order valence-electron chi connectivity index (χ1n) is 5.55. The zero-order chi connectivity index (χ0) is 13.6. The van der Waals surface area contributed by atoms with Gasteiger partial charge in [-0.3, -0.25) is 9.59 Å². The Hall–Kier alpha value is -1.32. The molecule has 0 atom stereocenters. The first kappa shape index (κ1) is 15.7. The maximum atomic E-state index is 11.5. The lowest BCUT2D eigenvalue weighted by atomic mass is 9.81. The van der Waals surface area contributed by atoms with Gasteiger partial charge in [0.2, 0.25) is 0 Å². The molecule has 0 aromatic heterocycles. The Kier molecular flexibility index (Phi) is 5.93. The van der Waals surface area contributed by atoms with Gasteiger partial charge in [0.25, 0.3) is 0 Å². The molecule has 0 aliphatic carbocycles. The second-order valence-electron chi connectivity index (χ2n) is 5.01. The van der Waals surface area contributed by atoms with Gasteiger partial charge in [-0.25, -0.2) is 0 Å². The Morgan fingerprint density at radius 1 is 1.12 bits per heavy atom. The van der Waals surface area contributed by atoms with Crippen LogP contribution in [-0.4, -0.2) is 26.2 Å². The van der Waals surface area contributed by atoms with Crippen LogP contribution in [0.15, 0.2) is 11.6 Å². The van der Waals surface area contributed by atoms with Gasteiger partial charge in [-0.2, -0.15) is 0 Å². The summed E-state index contributed by atoms with van der Waals surface area (Å²) in [7, 11) is 2.54. The minimum atomic E-state index is -0.865. The Labute approximate surface area is 103 Å². The third-order valence-electron chi connectivity index (χ3n) is 2.38. The van der Waals surface area contributed by atoms with Crippen molar-refractivity contribution in [3.05, 3.63) is 11.6 Å². The summed E-state index contributed by atoms with van der Waals surface area (Å²) in [5.41, 5.74) is 0.884. The van der Waals surface area contributed by atoms with Crippen LogP contribution in [0.25, 0.3) is 0 Å². The first-order chi connectivity index (χ1) is 7.73. The lowest BCUT2D eigenvalue weighted by molar-refractivity contribution is -0.160. The number of esters is 2. The first-order valence-corrected chi connectivity index (χ1v) is 5.55. The number of carbonyl (C=O) groups excluding carboxylic acids is 2. The fourth-order valence-corrected chi connectivity index (χ4v) is 1.91. The highest BCUT2D eigenvalue weighted by Crippen LogP contribution is 2.29. The molecule has 98 valence electrons. The van der Waals surface area contributed by atoms with Crippen LogP contribution in [-0.2, 0) is 19.1 Å². The second kappa shape index (κ2) is 6.42. The summed E-state index contributed by atoms with van der Waals surface area (Å²) < 4.78 is 9.25. The fraction of sp³-hybridized carbons (Fsp3) is 0.692. The van der Waals surface area contributed by atoms with E-state index in [1.54, 1.807) is 0 Å². The van der Waals surface area contributed by atoms with E-state index in [0.29, 0.717) is 6.42 Å². The molecule has 4 nitrogen and oxygen atoms in total. The number of methoxy groups -OCH3 is 2. The summed E-state index contributed by atoms with van der Waals surface area (Å²) in [6.07, 6.45) is 2.41. The highest BCUT2D eigenvalue weighted by atomic mass is 16.5. The average molecular weight is 242 g/mol. The number of ether oxygens (including phenoxy) is 2. The quantitative estimate of drug-likeness (QED) is 0.422. The molecule has 17 heavy (non-hydrogen) atoms. The zero-order valence-corrected chi connectivity index (χ0v) is 11.5. The zero-order valence-electron chi connectivity index (χ0n) is 11.5. The van der Waals surface area contributed by atoms with Crippen LogP contribution >= 0.6 is 0 Å². The van der Waals surface area contributed by atoms with Gasteiger partial charge in [-0.1, -0.05) is 25.5 Å². The van der Waals surface area contributed by atoms with Gasteiger partial charge in [-0.05, 0) is 25.7 Å². The third-order valence-corrected chi connectivity index (χ3v) is 2.38. The lowest BCUT2D eigenvalue weighted by Crippen LogP contribution is -2.30. The summed E-state index contributed by atoms with van der Waals surface area (Å²) in [5.74, 6) is -1.96. The Morgan fingerprint density at radius 2 is 1.53 bits per heavy atom. The lowest BCUT2D eigenvalue weighted by Gasteiger charge is -2.24. The van der Waals surface area contributed by atoms with Crippen molar-refractivity contribution >= 4 is 11.9 Å². The molecule has 0 rings (SSSR count).